The Balaban J connectivity index is 1.38. The lowest BCUT2D eigenvalue weighted by molar-refractivity contribution is -0.148. The van der Waals surface area contributed by atoms with Crippen LogP contribution in [0.5, 0.6) is 11.5 Å². The van der Waals surface area contributed by atoms with E-state index in [1.165, 1.54) is 0 Å². The molecule has 1 saturated heterocycles. The van der Waals surface area contributed by atoms with E-state index < -0.39 is 6.09 Å². The summed E-state index contributed by atoms with van der Waals surface area (Å²) in [6.45, 7) is 3.36. The van der Waals surface area contributed by atoms with Crippen molar-refractivity contribution >= 4 is 12.1 Å². The van der Waals surface area contributed by atoms with Gasteiger partial charge in [-0.3, -0.25) is 4.79 Å². The Morgan fingerprint density at radius 3 is 2.53 bits per heavy atom. The molecule has 0 saturated carbocycles. The summed E-state index contributed by atoms with van der Waals surface area (Å²) in [5, 5.41) is 0. The van der Waals surface area contributed by atoms with E-state index >= 15 is 0 Å². The number of benzene rings is 2. The van der Waals surface area contributed by atoms with Crippen LogP contribution in [0.25, 0.3) is 0 Å². The molecule has 172 valence electrons. The molecule has 1 unspecified atom stereocenters. The Bertz CT molecular complexity index is 914. The zero-order chi connectivity index (χ0) is 22.9. The maximum Gasteiger partial charge on any atom is 0.410 e. The first-order valence-electron chi connectivity index (χ1n) is 10.9. The molecule has 7 nitrogen and oxygen atoms in total. The van der Waals surface area contributed by atoms with E-state index in [4.69, 9.17) is 18.9 Å². The number of hydrogen-bond donors (Lipinski definition) is 0. The molecular formula is C25H31NO6. The highest BCUT2D eigenvalue weighted by Crippen LogP contribution is 2.32. The first-order valence-corrected chi connectivity index (χ1v) is 10.9. The molecule has 0 radical (unpaired) electrons. The fraction of sp³-hybridized carbons (Fsp3) is 0.440. The molecule has 1 atom stereocenters. The summed E-state index contributed by atoms with van der Waals surface area (Å²) >= 11 is 0. The monoisotopic (exact) mass is 441 g/mol. The van der Waals surface area contributed by atoms with E-state index in [9.17, 15) is 9.59 Å². The Morgan fingerprint density at radius 1 is 1.03 bits per heavy atom. The van der Waals surface area contributed by atoms with E-state index in [-0.39, 0.29) is 18.5 Å². The second-order valence-electron chi connectivity index (χ2n) is 7.89. The highest BCUT2D eigenvalue weighted by atomic mass is 16.6. The number of ether oxygens (including phenoxy) is 4. The van der Waals surface area contributed by atoms with Crippen LogP contribution in [-0.2, 0) is 27.3 Å². The van der Waals surface area contributed by atoms with Crippen molar-refractivity contribution in [1.29, 1.82) is 0 Å². The van der Waals surface area contributed by atoms with Gasteiger partial charge in [-0.1, -0.05) is 36.4 Å². The molecule has 1 heterocycles. The highest BCUT2D eigenvalue weighted by molar-refractivity contribution is 5.75. The van der Waals surface area contributed by atoms with Gasteiger partial charge < -0.3 is 23.8 Å². The summed E-state index contributed by atoms with van der Waals surface area (Å²) < 4.78 is 21.6. The van der Waals surface area contributed by atoms with Crippen LogP contribution in [-0.4, -0.2) is 50.9 Å². The summed E-state index contributed by atoms with van der Waals surface area (Å²) in [4.78, 5) is 26.2. The Labute approximate surface area is 189 Å². The van der Waals surface area contributed by atoms with Gasteiger partial charge in [0.2, 0.25) is 0 Å². The molecule has 0 bridgehead atoms. The van der Waals surface area contributed by atoms with Crippen LogP contribution in [0.3, 0.4) is 0 Å². The van der Waals surface area contributed by atoms with Crippen molar-refractivity contribution in [3.63, 3.8) is 0 Å². The van der Waals surface area contributed by atoms with Crippen LogP contribution >= 0.6 is 0 Å². The quantitative estimate of drug-likeness (QED) is 0.430. The predicted molar refractivity (Wildman–Crippen MR) is 120 cm³/mol. The minimum atomic E-state index is -0.395. The van der Waals surface area contributed by atoms with Crippen molar-refractivity contribution in [3.05, 3.63) is 59.2 Å². The van der Waals surface area contributed by atoms with Gasteiger partial charge >= 0.3 is 12.1 Å². The molecule has 1 aliphatic heterocycles. The van der Waals surface area contributed by atoms with Crippen LogP contribution in [0, 0.1) is 12.8 Å². The summed E-state index contributed by atoms with van der Waals surface area (Å²) in [5.41, 5.74) is 3.04. The van der Waals surface area contributed by atoms with Crippen LogP contribution in [0.15, 0.2) is 42.5 Å². The average Bonchev–Trinajstić information content (AvgIpc) is 3.31. The summed E-state index contributed by atoms with van der Waals surface area (Å²) in [6, 6.07) is 13.5. The van der Waals surface area contributed by atoms with Crippen LogP contribution in [0.4, 0.5) is 4.79 Å². The lowest BCUT2D eigenvalue weighted by Crippen LogP contribution is -2.31. The molecule has 1 amide bonds. The van der Waals surface area contributed by atoms with Gasteiger partial charge in [0.25, 0.3) is 0 Å². The van der Waals surface area contributed by atoms with Crippen LogP contribution in [0.1, 0.15) is 29.5 Å². The van der Waals surface area contributed by atoms with Crippen molar-refractivity contribution in [3.8, 4) is 11.5 Å². The Morgan fingerprint density at radius 2 is 1.81 bits per heavy atom. The van der Waals surface area contributed by atoms with Crippen molar-refractivity contribution in [1.82, 2.24) is 4.90 Å². The molecule has 1 aliphatic rings. The van der Waals surface area contributed by atoms with E-state index in [2.05, 4.69) is 6.07 Å². The number of amides is 1. The lowest BCUT2D eigenvalue weighted by atomic mass is 10.1. The minimum absolute atomic E-state index is 0.223. The maximum atomic E-state index is 12.4. The SMILES string of the molecule is COc1cc(CCCOC(=O)C2CCN(C(=O)OCc3ccccc3)C2)cc(C)c1OC. The van der Waals surface area contributed by atoms with E-state index in [0.717, 1.165) is 28.9 Å². The fourth-order valence-corrected chi connectivity index (χ4v) is 3.87. The molecule has 2 aromatic rings. The molecule has 2 aromatic carbocycles. The minimum Gasteiger partial charge on any atom is -0.493 e. The largest absolute Gasteiger partial charge is 0.493 e. The van der Waals surface area contributed by atoms with E-state index in [0.29, 0.717) is 38.3 Å². The van der Waals surface area contributed by atoms with Gasteiger partial charge in [0.15, 0.2) is 11.5 Å². The van der Waals surface area contributed by atoms with Gasteiger partial charge in [-0.25, -0.2) is 4.79 Å². The third-order valence-electron chi connectivity index (χ3n) is 5.56. The zero-order valence-corrected chi connectivity index (χ0v) is 19.0. The first-order chi connectivity index (χ1) is 15.5. The zero-order valence-electron chi connectivity index (χ0n) is 19.0. The Kier molecular flexibility index (Phi) is 8.36. The topological polar surface area (TPSA) is 74.3 Å². The number of methoxy groups -OCH3 is 2. The lowest BCUT2D eigenvalue weighted by Gasteiger charge is -2.16. The first kappa shape index (κ1) is 23.4. The predicted octanol–water partition coefficient (Wildman–Crippen LogP) is 4.15. The second kappa shape index (κ2) is 11.4. The van der Waals surface area contributed by atoms with Gasteiger partial charge in [0.1, 0.15) is 6.61 Å². The summed E-state index contributed by atoms with van der Waals surface area (Å²) in [6.07, 6.45) is 1.66. The van der Waals surface area contributed by atoms with Crippen molar-refractivity contribution in [2.24, 2.45) is 5.92 Å². The smallest absolute Gasteiger partial charge is 0.410 e. The van der Waals surface area contributed by atoms with Crippen molar-refractivity contribution < 1.29 is 28.5 Å². The van der Waals surface area contributed by atoms with E-state index in [1.807, 2.05) is 43.3 Å². The number of likely N-dealkylation sites (tertiary alicyclic amines) is 1. The summed E-state index contributed by atoms with van der Waals surface area (Å²) in [5.74, 6) is 0.870. The highest BCUT2D eigenvalue weighted by Gasteiger charge is 2.32. The fourth-order valence-electron chi connectivity index (χ4n) is 3.87. The standard InChI is InChI=1S/C25H31NO6/c1-18-14-20(15-22(29-2)23(18)30-3)10-7-13-31-24(27)21-11-12-26(16-21)25(28)32-17-19-8-5-4-6-9-19/h4-6,8-9,14-15,21H,7,10-13,16-17H2,1-3H3. The molecule has 0 N–H and O–H groups in total. The Hall–Kier alpha value is -3.22. The number of carbonyl (C=O) groups excluding carboxylic acids is 2. The normalized spacial score (nSPS) is 15.3. The van der Waals surface area contributed by atoms with Gasteiger partial charge in [0, 0.05) is 13.1 Å². The molecule has 0 spiro atoms. The number of esters is 1. The number of rotatable bonds is 9. The molecule has 0 aromatic heterocycles. The number of carbonyl (C=O) groups is 2. The molecule has 1 fully saturated rings. The van der Waals surface area contributed by atoms with Gasteiger partial charge in [0.05, 0.1) is 26.7 Å². The van der Waals surface area contributed by atoms with Gasteiger partial charge in [-0.2, -0.15) is 0 Å². The van der Waals surface area contributed by atoms with Crippen molar-refractivity contribution in [2.75, 3.05) is 33.9 Å². The average molecular weight is 442 g/mol. The van der Waals surface area contributed by atoms with Gasteiger partial charge in [-0.15, -0.1) is 0 Å². The summed E-state index contributed by atoms with van der Waals surface area (Å²) in [7, 11) is 3.24. The van der Waals surface area contributed by atoms with Crippen LogP contribution in [0.2, 0.25) is 0 Å². The third kappa shape index (κ3) is 6.15. The molecule has 7 heteroatoms. The second-order valence-corrected chi connectivity index (χ2v) is 7.89. The van der Waals surface area contributed by atoms with E-state index in [1.54, 1.807) is 19.1 Å². The number of hydrogen-bond acceptors (Lipinski definition) is 6. The number of aryl methyl sites for hydroxylation is 2. The molecule has 32 heavy (non-hydrogen) atoms. The molecular weight excluding hydrogens is 410 g/mol. The van der Waals surface area contributed by atoms with Crippen LogP contribution < -0.4 is 9.47 Å². The number of nitrogens with zero attached hydrogens (tertiary/aromatic N) is 1. The van der Waals surface area contributed by atoms with Crippen molar-refractivity contribution in [2.45, 2.75) is 32.8 Å². The molecule has 3 rings (SSSR count). The molecule has 0 aliphatic carbocycles. The third-order valence-corrected chi connectivity index (χ3v) is 5.56. The van der Waals surface area contributed by atoms with Gasteiger partial charge in [-0.05, 0) is 48.9 Å². The maximum absolute atomic E-state index is 12.4.